The highest BCUT2D eigenvalue weighted by Crippen LogP contribution is 2.44. The van der Waals surface area contributed by atoms with E-state index in [-0.39, 0.29) is 25.4 Å². The van der Waals surface area contributed by atoms with Crippen molar-refractivity contribution in [2.75, 3.05) is 13.2 Å². The molecule has 2 atom stereocenters. The fourth-order valence-corrected chi connectivity index (χ4v) is 4.58. The molecule has 3 rings (SSSR count). The van der Waals surface area contributed by atoms with Gasteiger partial charge >= 0.3 is 30.1 Å². The molecule has 0 heterocycles. The maximum Gasteiger partial charge on any atom is 0.408 e. The normalized spacial score (nSPS) is 13.9. The first kappa shape index (κ1) is 33.9. The van der Waals surface area contributed by atoms with Crippen LogP contribution in [-0.2, 0) is 33.3 Å². The van der Waals surface area contributed by atoms with Gasteiger partial charge in [0.15, 0.2) is 6.04 Å². The number of carbonyl (C=O) groups is 5. The van der Waals surface area contributed by atoms with E-state index in [0.29, 0.717) is 0 Å². The van der Waals surface area contributed by atoms with Crippen LogP contribution in [0.25, 0.3) is 11.1 Å². The zero-order valence-electron chi connectivity index (χ0n) is 25.8. The van der Waals surface area contributed by atoms with Crippen LogP contribution in [0.15, 0.2) is 48.5 Å². The second kappa shape index (κ2) is 14.2. The molecule has 44 heavy (non-hydrogen) atoms. The number of alkyl carbamates (subject to hydrolysis) is 2. The van der Waals surface area contributed by atoms with E-state index >= 15 is 0 Å². The third kappa shape index (κ3) is 9.99. The quantitative estimate of drug-likeness (QED) is 0.242. The van der Waals surface area contributed by atoms with Crippen LogP contribution in [-0.4, -0.2) is 71.7 Å². The maximum absolute atomic E-state index is 13.0. The summed E-state index contributed by atoms with van der Waals surface area (Å²) in [6, 6.07) is 12.6. The lowest BCUT2D eigenvalue weighted by molar-refractivity contribution is -0.155. The van der Waals surface area contributed by atoms with Crippen molar-refractivity contribution < 1.29 is 48.0 Å². The molecule has 0 saturated carbocycles. The van der Waals surface area contributed by atoms with Gasteiger partial charge in [-0.3, -0.25) is 4.79 Å². The summed E-state index contributed by atoms with van der Waals surface area (Å²) in [5.41, 5.74) is 2.44. The van der Waals surface area contributed by atoms with Crippen LogP contribution >= 0.6 is 0 Å². The van der Waals surface area contributed by atoms with Gasteiger partial charge in [0.2, 0.25) is 0 Å². The first-order valence-electron chi connectivity index (χ1n) is 14.3. The highest BCUT2D eigenvalue weighted by molar-refractivity contribution is 5.84. The molecule has 2 aromatic carbocycles. The van der Waals surface area contributed by atoms with Gasteiger partial charge in [-0.25, -0.2) is 19.2 Å². The number of aliphatic carboxylic acids is 1. The Morgan fingerprint density at radius 3 is 1.80 bits per heavy atom. The van der Waals surface area contributed by atoms with Crippen LogP contribution in [0.2, 0.25) is 0 Å². The molecule has 0 spiro atoms. The fraction of sp³-hybridized carbons (Fsp3) is 0.469. The topological polar surface area (TPSA) is 167 Å². The summed E-state index contributed by atoms with van der Waals surface area (Å²) in [7, 11) is 0. The third-order valence-electron chi connectivity index (χ3n) is 6.36. The van der Waals surface area contributed by atoms with Crippen molar-refractivity contribution in [3.63, 3.8) is 0 Å². The number of ether oxygens (including phenoxy) is 4. The van der Waals surface area contributed by atoms with Gasteiger partial charge in [-0.15, -0.1) is 0 Å². The Kier molecular flexibility index (Phi) is 11.0. The van der Waals surface area contributed by atoms with Crippen molar-refractivity contribution >= 4 is 30.1 Å². The van der Waals surface area contributed by atoms with Gasteiger partial charge in [-0.2, -0.15) is 0 Å². The minimum atomic E-state index is -1.63. The van der Waals surface area contributed by atoms with E-state index in [1.807, 2.05) is 48.5 Å². The number of carbonyl (C=O) groups excluding carboxylic acids is 4. The van der Waals surface area contributed by atoms with E-state index in [2.05, 4.69) is 10.6 Å². The minimum Gasteiger partial charge on any atom is -0.480 e. The molecule has 0 aliphatic heterocycles. The van der Waals surface area contributed by atoms with Gasteiger partial charge in [0.1, 0.15) is 30.5 Å². The molecular formula is C32H40N2O10. The van der Waals surface area contributed by atoms with Crippen LogP contribution in [0.4, 0.5) is 9.59 Å². The van der Waals surface area contributed by atoms with Gasteiger partial charge in [0, 0.05) is 12.3 Å². The molecule has 2 unspecified atom stereocenters. The van der Waals surface area contributed by atoms with Gasteiger partial charge in [-0.1, -0.05) is 48.5 Å². The number of carboxylic acids is 1. The lowest BCUT2D eigenvalue weighted by atomic mass is 9.98. The number of carboxylic acid groups (broad SMARTS) is 1. The smallest absolute Gasteiger partial charge is 0.408 e. The van der Waals surface area contributed by atoms with Crippen molar-refractivity contribution in [3.8, 4) is 11.1 Å². The Morgan fingerprint density at radius 1 is 0.750 bits per heavy atom. The Morgan fingerprint density at radius 2 is 1.27 bits per heavy atom. The van der Waals surface area contributed by atoms with Crippen molar-refractivity contribution in [3.05, 3.63) is 59.7 Å². The van der Waals surface area contributed by atoms with Crippen molar-refractivity contribution in [1.82, 2.24) is 10.6 Å². The lowest BCUT2D eigenvalue weighted by Crippen LogP contribution is -2.48. The number of esters is 2. The molecule has 1 aliphatic rings. The van der Waals surface area contributed by atoms with Gasteiger partial charge in [-0.05, 0) is 70.2 Å². The Bertz CT molecular complexity index is 1330. The third-order valence-corrected chi connectivity index (χ3v) is 6.36. The summed E-state index contributed by atoms with van der Waals surface area (Å²) in [6.07, 6.45) is -2.41. The number of fused-ring (bicyclic) bond motifs is 3. The van der Waals surface area contributed by atoms with Crippen molar-refractivity contribution in [2.45, 2.75) is 83.6 Å². The molecule has 2 amide bonds. The zero-order valence-corrected chi connectivity index (χ0v) is 25.8. The monoisotopic (exact) mass is 612 g/mol. The minimum absolute atomic E-state index is 0.0193. The van der Waals surface area contributed by atoms with E-state index in [9.17, 15) is 29.1 Å². The molecule has 0 fully saturated rings. The molecule has 12 heteroatoms. The Hall–Kier alpha value is -4.61. The predicted octanol–water partition coefficient (Wildman–Crippen LogP) is 4.54. The highest BCUT2D eigenvalue weighted by Gasteiger charge is 2.32. The number of nitrogens with one attached hydrogen (secondary N) is 2. The van der Waals surface area contributed by atoms with E-state index in [4.69, 9.17) is 18.9 Å². The van der Waals surface area contributed by atoms with E-state index < -0.39 is 60.0 Å². The molecule has 0 aromatic heterocycles. The summed E-state index contributed by atoms with van der Waals surface area (Å²) < 4.78 is 21.0. The summed E-state index contributed by atoms with van der Waals surface area (Å²) in [4.78, 5) is 62.0. The first-order chi connectivity index (χ1) is 20.5. The van der Waals surface area contributed by atoms with Crippen LogP contribution in [0.3, 0.4) is 0 Å². The van der Waals surface area contributed by atoms with Crippen LogP contribution < -0.4 is 10.6 Å². The molecule has 0 radical (unpaired) electrons. The number of hydrogen-bond acceptors (Lipinski definition) is 9. The summed E-state index contributed by atoms with van der Waals surface area (Å²) >= 11 is 0. The molecule has 3 N–H and O–H groups in total. The summed E-state index contributed by atoms with van der Waals surface area (Å²) in [5, 5.41) is 14.1. The molecule has 0 saturated heterocycles. The highest BCUT2D eigenvalue weighted by atomic mass is 16.6. The van der Waals surface area contributed by atoms with Gasteiger partial charge in [0.05, 0.1) is 0 Å². The van der Waals surface area contributed by atoms with Crippen molar-refractivity contribution in [1.29, 1.82) is 0 Å². The number of rotatable bonds is 11. The Balaban J connectivity index is 1.67. The summed E-state index contributed by atoms with van der Waals surface area (Å²) in [6.45, 7) is 9.10. The average molecular weight is 613 g/mol. The lowest BCUT2D eigenvalue weighted by Gasteiger charge is -2.23. The van der Waals surface area contributed by atoms with Crippen LogP contribution in [0.5, 0.6) is 0 Å². The molecule has 0 bridgehead atoms. The largest absolute Gasteiger partial charge is 0.480 e. The zero-order chi connectivity index (χ0) is 32.7. The average Bonchev–Trinajstić information content (AvgIpc) is 3.23. The molecule has 1 aliphatic carbocycles. The number of hydrogen-bond donors (Lipinski definition) is 3. The fourth-order valence-electron chi connectivity index (χ4n) is 4.58. The van der Waals surface area contributed by atoms with Crippen molar-refractivity contribution in [2.24, 2.45) is 0 Å². The SMILES string of the molecule is CC(C)(C)OC(=O)CCC(NC(=O)OCC1c2ccccc2-c2ccccc21)C(=O)OCC(NC(=O)OC(C)(C)C)C(=O)O. The van der Waals surface area contributed by atoms with Crippen LogP contribution in [0.1, 0.15) is 71.4 Å². The number of amides is 2. The standard InChI is InChI=1S/C32H40N2O10/c1-31(2,3)43-26(35)16-15-24(28(38)41-18-25(27(36)37)34-30(40)44-32(4,5)6)33-29(39)42-17-23-21-13-9-7-11-19(21)20-12-8-10-14-22(20)23/h7-14,23-25H,15-18H2,1-6H3,(H,33,39)(H,34,40)(H,36,37). The molecule has 2 aromatic rings. The Labute approximate surface area is 256 Å². The second-order valence-electron chi connectivity index (χ2n) is 12.3. The van der Waals surface area contributed by atoms with Gasteiger partial charge < -0.3 is 34.7 Å². The molecular weight excluding hydrogens is 572 g/mol. The predicted molar refractivity (Wildman–Crippen MR) is 159 cm³/mol. The van der Waals surface area contributed by atoms with E-state index in [0.717, 1.165) is 22.3 Å². The molecule has 238 valence electrons. The van der Waals surface area contributed by atoms with E-state index in [1.165, 1.54) is 0 Å². The van der Waals surface area contributed by atoms with Crippen LogP contribution in [0, 0.1) is 0 Å². The summed E-state index contributed by atoms with van der Waals surface area (Å²) in [5.74, 6) is -3.34. The second-order valence-corrected chi connectivity index (χ2v) is 12.3. The maximum atomic E-state index is 13.0. The first-order valence-corrected chi connectivity index (χ1v) is 14.3. The van der Waals surface area contributed by atoms with Gasteiger partial charge in [0.25, 0.3) is 0 Å². The molecule has 12 nitrogen and oxygen atoms in total. The van der Waals surface area contributed by atoms with E-state index in [1.54, 1.807) is 41.5 Å². The number of benzene rings is 2.